The van der Waals surface area contributed by atoms with E-state index in [1.807, 2.05) is 29.1 Å². The number of nitrogens with zero attached hydrogens (tertiary/aromatic N) is 5. The summed E-state index contributed by atoms with van der Waals surface area (Å²) in [7, 11) is 0. The van der Waals surface area contributed by atoms with E-state index in [4.69, 9.17) is 5.73 Å². The maximum absolute atomic E-state index is 6.05. The van der Waals surface area contributed by atoms with Crippen LogP contribution in [-0.2, 0) is 6.54 Å². The lowest BCUT2D eigenvalue weighted by atomic mass is 10.1. The summed E-state index contributed by atoms with van der Waals surface area (Å²) in [5, 5.41) is 0. The van der Waals surface area contributed by atoms with Crippen molar-refractivity contribution >= 4 is 29.9 Å². The fraction of sp³-hybridized carbons (Fsp3) is 0.400. The fourth-order valence-corrected chi connectivity index (χ4v) is 2.45. The van der Waals surface area contributed by atoms with Crippen molar-refractivity contribution < 1.29 is 0 Å². The molecule has 118 valence electrons. The maximum atomic E-state index is 6.05. The quantitative estimate of drug-likeness (QED) is 0.477. The van der Waals surface area contributed by atoms with Gasteiger partial charge in [0.25, 0.3) is 0 Å². The van der Waals surface area contributed by atoms with Crippen LogP contribution in [0, 0.1) is 0 Å². The van der Waals surface area contributed by atoms with E-state index in [0.29, 0.717) is 12.5 Å². The number of hydrogen-bond acceptors (Lipinski definition) is 3. The molecule has 0 radical (unpaired) electrons. The monoisotopic (exact) mass is 412 g/mol. The normalized spacial score (nSPS) is 15.5. The number of rotatable bonds is 3. The first-order chi connectivity index (χ1) is 10.3. The zero-order chi connectivity index (χ0) is 14.5. The molecule has 0 aromatic carbocycles. The third-order valence-electron chi connectivity index (χ3n) is 3.68. The first kappa shape index (κ1) is 16.7. The SMILES string of the molecule is I.NC(=NCc1ccc(-n2ccnc2)nc1)N1CCCCC1. The van der Waals surface area contributed by atoms with Crippen molar-refractivity contribution in [2.45, 2.75) is 25.8 Å². The van der Waals surface area contributed by atoms with Crippen LogP contribution < -0.4 is 5.73 Å². The standard InChI is InChI=1S/C15H20N6.HI/c16-15(20-7-2-1-3-8-20)19-11-13-4-5-14(18-10-13)21-9-6-17-12-21;/h4-6,9-10,12H,1-3,7-8,11H2,(H2,16,19);1H. The van der Waals surface area contributed by atoms with Crippen LogP contribution >= 0.6 is 24.0 Å². The van der Waals surface area contributed by atoms with E-state index in [0.717, 1.165) is 24.5 Å². The Bertz CT molecular complexity index is 587. The van der Waals surface area contributed by atoms with Gasteiger partial charge in [-0.1, -0.05) is 6.07 Å². The summed E-state index contributed by atoms with van der Waals surface area (Å²) < 4.78 is 1.87. The predicted molar refractivity (Wildman–Crippen MR) is 97.5 cm³/mol. The molecule has 2 aromatic rings. The Labute approximate surface area is 147 Å². The molecule has 0 saturated carbocycles. The summed E-state index contributed by atoms with van der Waals surface area (Å²) >= 11 is 0. The highest BCUT2D eigenvalue weighted by Gasteiger charge is 2.11. The van der Waals surface area contributed by atoms with Gasteiger partial charge in [-0.15, -0.1) is 24.0 Å². The van der Waals surface area contributed by atoms with Crippen molar-refractivity contribution in [3.63, 3.8) is 0 Å². The van der Waals surface area contributed by atoms with Gasteiger partial charge in [0, 0.05) is 31.7 Å². The maximum Gasteiger partial charge on any atom is 0.191 e. The number of piperidine rings is 1. The van der Waals surface area contributed by atoms with Gasteiger partial charge >= 0.3 is 0 Å². The second kappa shape index (κ2) is 8.11. The van der Waals surface area contributed by atoms with E-state index >= 15 is 0 Å². The summed E-state index contributed by atoms with van der Waals surface area (Å²) in [6.45, 7) is 2.61. The number of aliphatic imine (C=N–C) groups is 1. The number of imidazole rings is 1. The molecule has 0 unspecified atom stereocenters. The smallest absolute Gasteiger partial charge is 0.191 e. The number of halogens is 1. The number of pyridine rings is 1. The van der Waals surface area contributed by atoms with Crippen LogP contribution in [0.3, 0.4) is 0 Å². The molecule has 7 heteroatoms. The Morgan fingerprint density at radius 3 is 2.68 bits per heavy atom. The molecule has 6 nitrogen and oxygen atoms in total. The first-order valence-electron chi connectivity index (χ1n) is 7.31. The van der Waals surface area contributed by atoms with Crippen LogP contribution in [0.2, 0.25) is 0 Å². The van der Waals surface area contributed by atoms with Gasteiger partial charge in [-0.3, -0.25) is 4.57 Å². The number of likely N-dealkylation sites (tertiary alicyclic amines) is 1. The van der Waals surface area contributed by atoms with E-state index in [2.05, 4.69) is 19.9 Å². The molecule has 22 heavy (non-hydrogen) atoms. The Balaban J connectivity index is 0.00000176. The Morgan fingerprint density at radius 1 is 1.23 bits per heavy atom. The molecule has 1 aliphatic heterocycles. The minimum absolute atomic E-state index is 0. The third-order valence-corrected chi connectivity index (χ3v) is 3.68. The summed E-state index contributed by atoms with van der Waals surface area (Å²) in [5.41, 5.74) is 7.10. The van der Waals surface area contributed by atoms with Crippen LogP contribution in [0.5, 0.6) is 0 Å². The molecule has 0 atom stereocenters. The van der Waals surface area contributed by atoms with Gasteiger partial charge < -0.3 is 10.6 Å². The lowest BCUT2D eigenvalue weighted by molar-refractivity contribution is 0.338. The average molecular weight is 412 g/mol. The van der Waals surface area contributed by atoms with Gasteiger partial charge in [0.1, 0.15) is 12.1 Å². The number of hydrogen-bond donors (Lipinski definition) is 1. The van der Waals surface area contributed by atoms with Gasteiger partial charge in [0.2, 0.25) is 0 Å². The summed E-state index contributed by atoms with van der Waals surface area (Å²) in [5.74, 6) is 1.50. The van der Waals surface area contributed by atoms with Gasteiger partial charge in [-0.25, -0.2) is 15.0 Å². The topological polar surface area (TPSA) is 72.3 Å². The van der Waals surface area contributed by atoms with Crippen molar-refractivity contribution in [1.29, 1.82) is 0 Å². The van der Waals surface area contributed by atoms with Gasteiger partial charge in [-0.2, -0.15) is 0 Å². The summed E-state index contributed by atoms with van der Waals surface area (Å²) in [6.07, 6.45) is 10.9. The van der Waals surface area contributed by atoms with Gasteiger partial charge in [0.05, 0.1) is 6.54 Å². The van der Waals surface area contributed by atoms with Gasteiger partial charge in [0.15, 0.2) is 5.96 Å². The molecule has 0 aliphatic carbocycles. The second-order valence-corrected chi connectivity index (χ2v) is 5.22. The van der Waals surface area contributed by atoms with Crippen molar-refractivity contribution in [3.05, 3.63) is 42.6 Å². The van der Waals surface area contributed by atoms with Crippen molar-refractivity contribution in [3.8, 4) is 5.82 Å². The fourth-order valence-electron chi connectivity index (χ4n) is 2.45. The van der Waals surface area contributed by atoms with Crippen molar-refractivity contribution in [2.75, 3.05) is 13.1 Å². The molecule has 1 saturated heterocycles. The average Bonchev–Trinajstić information content (AvgIpc) is 3.08. The highest BCUT2D eigenvalue weighted by molar-refractivity contribution is 14.0. The Hall–Kier alpha value is -1.64. The number of aromatic nitrogens is 3. The van der Waals surface area contributed by atoms with E-state index in [1.54, 1.807) is 12.5 Å². The van der Waals surface area contributed by atoms with E-state index < -0.39 is 0 Å². The minimum Gasteiger partial charge on any atom is -0.370 e. The zero-order valence-corrected chi connectivity index (χ0v) is 14.8. The lowest BCUT2D eigenvalue weighted by Crippen LogP contribution is -2.40. The van der Waals surface area contributed by atoms with E-state index in [-0.39, 0.29) is 24.0 Å². The summed E-state index contributed by atoms with van der Waals surface area (Å²) in [6, 6.07) is 3.99. The molecule has 3 rings (SSSR count). The molecular weight excluding hydrogens is 391 g/mol. The number of guanidine groups is 1. The van der Waals surface area contributed by atoms with Crippen LogP contribution in [0.1, 0.15) is 24.8 Å². The van der Waals surface area contributed by atoms with Crippen LogP contribution in [0.25, 0.3) is 5.82 Å². The highest BCUT2D eigenvalue weighted by atomic mass is 127. The molecule has 1 aliphatic rings. The molecule has 0 amide bonds. The highest BCUT2D eigenvalue weighted by Crippen LogP contribution is 2.09. The third kappa shape index (κ3) is 4.19. The van der Waals surface area contributed by atoms with E-state index in [9.17, 15) is 0 Å². The zero-order valence-electron chi connectivity index (χ0n) is 12.4. The molecule has 3 heterocycles. The first-order valence-corrected chi connectivity index (χ1v) is 7.31. The predicted octanol–water partition coefficient (Wildman–Crippen LogP) is 2.19. The Kier molecular flexibility index (Phi) is 6.17. The minimum atomic E-state index is 0. The van der Waals surface area contributed by atoms with Crippen molar-refractivity contribution in [1.82, 2.24) is 19.4 Å². The van der Waals surface area contributed by atoms with Gasteiger partial charge in [-0.05, 0) is 30.9 Å². The number of nitrogens with two attached hydrogens (primary N) is 1. The van der Waals surface area contributed by atoms with Crippen LogP contribution in [0.15, 0.2) is 42.0 Å². The molecular formula is C15H21IN6. The summed E-state index contributed by atoms with van der Waals surface area (Å²) in [4.78, 5) is 15.1. The molecule has 2 N–H and O–H groups in total. The lowest BCUT2D eigenvalue weighted by Gasteiger charge is -2.27. The molecule has 2 aromatic heterocycles. The largest absolute Gasteiger partial charge is 0.370 e. The van der Waals surface area contributed by atoms with E-state index in [1.165, 1.54) is 19.3 Å². The second-order valence-electron chi connectivity index (χ2n) is 5.22. The molecule has 0 spiro atoms. The van der Waals surface area contributed by atoms with Crippen LogP contribution in [-0.4, -0.2) is 38.5 Å². The molecule has 1 fully saturated rings. The van der Waals surface area contributed by atoms with Crippen molar-refractivity contribution in [2.24, 2.45) is 10.7 Å². The Morgan fingerprint density at radius 2 is 2.05 bits per heavy atom. The van der Waals surface area contributed by atoms with Crippen LogP contribution in [0.4, 0.5) is 0 Å². The molecule has 0 bridgehead atoms.